The highest BCUT2D eigenvalue weighted by atomic mass is 16.2. The van der Waals surface area contributed by atoms with E-state index < -0.39 is 0 Å². The Morgan fingerprint density at radius 1 is 1.42 bits per heavy atom. The lowest BCUT2D eigenvalue weighted by Gasteiger charge is -2.26. The molecule has 104 valence electrons. The molecule has 0 bridgehead atoms. The van der Waals surface area contributed by atoms with E-state index in [4.69, 9.17) is 5.73 Å². The first-order valence-corrected chi connectivity index (χ1v) is 7.21. The number of aryl methyl sites for hydroxylation is 1. The van der Waals surface area contributed by atoms with Crippen molar-refractivity contribution < 1.29 is 4.79 Å². The van der Waals surface area contributed by atoms with Gasteiger partial charge in [-0.1, -0.05) is 36.2 Å². The first kappa shape index (κ1) is 14.1. The molecular formula is C16H24N2O. The lowest BCUT2D eigenvalue weighted by molar-refractivity contribution is -0.136. The molecule has 2 atom stereocenters. The van der Waals surface area contributed by atoms with Crippen molar-refractivity contribution in [3.63, 3.8) is 0 Å². The van der Waals surface area contributed by atoms with E-state index in [9.17, 15) is 4.79 Å². The molecule has 1 fully saturated rings. The Morgan fingerprint density at radius 2 is 2.21 bits per heavy atom. The number of carbonyl (C=O) groups excluding carboxylic acids is 1. The molecular weight excluding hydrogens is 236 g/mol. The number of hydrogen-bond acceptors (Lipinski definition) is 2. The molecule has 1 aliphatic rings. The van der Waals surface area contributed by atoms with E-state index in [1.54, 1.807) is 0 Å². The molecule has 0 aromatic heterocycles. The van der Waals surface area contributed by atoms with Crippen molar-refractivity contribution in [3.05, 3.63) is 35.4 Å². The van der Waals surface area contributed by atoms with Gasteiger partial charge in [-0.05, 0) is 32.3 Å². The number of hydrogen-bond donors (Lipinski definition) is 1. The van der Waals surface area contributed by atoms with Crippen molar-refractivity contribution in [1.82, 2.24) is 4.90 Å². The van der Waals surface area contributed by atoms with Crippen LogP contribution in [0.15, 0.2) is 24.3 Å². The molecule has 2 rings (SSSR count). The lowest BCUT2D eigenvalue weighted by atomic mass is 10.0. The number of rotatable bonds is 4. The van der Waals surface area contributed by atoms with Crippen LogP contribution in [0.3, 0.4) is 0 Å². The van der Waals surface area contributed by atoms with E-state index in [1.165, 1.54) is 11.1 Å². The average molecular weight is 260 g/mol. The van der Waals surface area contributed by atoms with Crippen molar-refractivity contribution >= 4 is 5.91 Å². The lowest BCUT2D eigenvalue weighted by Crippen LogP contribution is -2.41. The number of nitrogens with zero attached hydrogens (tertiary/aromatic N) is 1. The van der Waals surface area contributed by atoms with Crippen LogP contribution in [0.1, 0.15) is 37.3 Å². The zero-order valence-electron chi connectivity index (χ0n) is 11.9. The number of amides is 1. The average Bonchev–Trinajstić information content (AvgIpc) is 2.81. The Hall–Kier alpha value is -1.35. The summed E-state index contributed by atoms with van der Waals surface area (Å²) in [4.78, 5) is 14.5. The van der Waals surface area contributed by atoms with Gasteiger partial charge >= 0.3 is 0 Å². The minimum absolute atomic E-state index is 0.0322. The summed E-state index contributed by atoms with van der Waals surface area (Å²) >= 11 is 0. The fourth-order valence-electron chi connectivity index (χ4n) is 2.91. The molecule has 19 heavy (non-hydrogen) atoms. The molecule has 0 saturated heterocycles. The van der Waals surface area contributed by atoms with Gasteiger partial charge in [-0.15, -0.1) is 0 Å². The second kappa shape index (κ2) is 6.20. The van der Waals surface area contributed by atoms with Gasteiger partial charge in [0.25, 0.3) is 0 Å². The van der Waals surface area contributed by atoms with E-state index in [-0.39, 0.29) is 17.9 Å². The smallest absolute Gasteiger partial charge is 0.227 e. The fourth-order valence-corrected chi connectivity index (χ4v) is 2.91. The van der Waals surface area contributed by atoms with Crippen LogP contribution in [0.4, 0.5) is 0 Å². The maximum atomic E-state index is 12.5. The fraction of sp³-hybridized carbons (Fsp3) is 0.562. The van der Waals surface area contributed by atoms with Crippen molar-refractivity contribution in [2.45, 2.75) is 45.7 Å². The quantitative estimate of drug-likeness (QED) is 0.904. The largest absolute Gasteiger partial charge is 0.338 e. The Balaban J connectivity index is 2.05. The van der Waals surface area contributed by atoms with Crippen LogP contribution in [0, 0.1) is 12.8 Å². The predicted octanol–water partition coefficient (Wildman–Crippen LogP) is 2.47. The monoisotopic (exact) mass is 260 g/mol. The zero-order chi connectivity index (χ0) is 13.8. The summed E-state index contributed by atoms with van der Waals surface area (Å²) in [5, 5.41) is 0. The molecule has 2 N–H and O–H groups in total. The van der Waals surface area contributed by atoms with Crippen LogP contribution in [0.25, 0.3) is 0 Å². The van der Waals surface area contributed by atoms with E-state index >= 15 is 0 Å². The summed E-state index contributed by atoms with van der Waals surface area (Å²) in [6, 6.07) is 8.40. The number of nitrogens with two attached hydrogens (primary N) is 1. The third kappa shape index (κ3) is 3.35. The SMILES string of the molecule is CCN(Cc1cccc(C)c1)C(=O)[C@H]1CCC[C@H]1N. The van der Waals surface area contributed by atoms with E-state index in [1.807, 2.05) is 17.9 Å². The minimum atomic E-state index is 0.0322. The van der Waals surface area contributed by atoms with Crippen molar-refractivity contribution in [2.24, 2.45) is 11.7 Å². The third-order valence-corrected chi connectivity index (χ3v) is 4.04. The number of benzene rings is 1. The second-order valence-electron chi connectivity index (χ2n) is 5.54. The van der Waals surface area contributed by atoms with E-state index in [0.29, 0.717) is 6.54 Å². The van der Waals surface area contributed by atoms with Gasteiger partial charge < -0.3 is 10.6 Å². The molecule has 0 unspecified atom stereocenters. The first-order chi connectivity index (χ1) is 9.11. The van der Waals surface area contributed by atoms with Crippen molar-refractivity contribution in [3.8, 4) is 0 Å². The van der Waals surface area contributed by atoms with E-state index in [2.05, 4.69) is 25.1 Å². The first-order valence-electron chi connectivity index (χ1n) is 7.21. The standard InChI is InChI=1S/C16H24N2O/c1-3-18(11-13-7-4-6-12(2)10-13)16(19)14-8-5-9-15(14)17/h4,6-7,10,14-15H,3,5,8-9,11,17H2,1-2H3/t14-,15+/m0/s1. The van der Waals surface area contributed by atoms with Gasteiger partial charge in [0.2, 0.25) is 5.91 Å². The van der Waals surface area contributed by atoms with E-state index in [0.717, 1.165) is 25.8 Å². The second-order valence-corrected chi connectivity index (χ2v) is 5.54. The van der Waals surface area contributed by atoms with Crippen LogP contribution in [0.2, 0.25) is 0 Å². The van der Waals surface area contributed by atoms with Gasteiger partial charge in [-0.2, -0.15) is 0 Å². The Morgan fingerprint density at radius 3 is 2.79 bits per heavy atom. The molecule has 1 aromatic rings. The summed E-state index contributed by atoms with van der Waals surface area (Å²) in [6.07, 6.45) is 3.02. The van der Waals surface area contributed by atoms with Crippen LogP contribution in [0.5, 0.6) is 0 Å². The molecule has 1 aromatic carbocycles. The normalized spacial score (nSPS) is 22.5. The van der Waals surface area contributed by atoms with Crippen molar-refractivity contribution in [2.75, 3.05) is 6.54 Å². The molecule has 0 radical (unpaired) electrons. The summed E-state index contributed by atoms with van der Waals surface area (Å²) in [5.41, 5.74) is 8.47. The molecule has 0 heterocycles. The van der Waals surface area contributed by atoms with Gasteiger partial charge in [-0.25, -0.2) is 0 Å². The molecule has 1 amide bonds. The minimum Gasteiger partial charge on any atom is -0.338 e. The van der Waals surface area contributed by atoms with Gasteiger partial charge in [0.05, 0.1) is 5.92 Å². The van der Waals surface area contributed by atoms with Crippen LogP contribution in [-0.4, -0.2) is 23.4 Å². The summed E-state index contributed by atoms with van der Waals surface area (Å²) in [6.45, 7) is 5.55. The summed E-state index contributed by atoms with van der Waals surface area (Å²) < 4.78 is 0. The Labute approximate surface area is 115 Å². The topological polar surface area (TPSA) is 46.3 Å². The van der Waals surface area contributed by atoms with Crippen molar-refractivity contribution in [1.29, 1.82) is 0 Å². The molecule has 1 saturated carbocycles. The molecule has 0 spiro atoms. The molecule has 1 aliphatic carbocycles. The summed E-state index contributed by atoms with van der Waals surface area (Å²) in [7, 11) is 0. The molecule has 3 heteroatoms. The van der Waals surface area contributed by atoms with Gasteiger partial charge in [0.15, 0.2) is 0 Å². The molecule has 3 nitrogen and oxygen atoms in total. The van der Waals surface area contributed by atoms with Crippen LogP contribution < -0.4 is 5.73 Å². The third-order valence-electron chi connectivity index (χ3n) is 4.04. The summed E-state index contributed by atoms with van der Waals surface area (Å²) in [5.74, 6) is 0.263. The van der Waals surface area contributed by atoms with Crippen LogP contribution in [-0.2, 0) is 11.3 Å². The predicted molar refractivity (Wildman–Crippen MR) is 77.6 cm³/mol. The zero-order valence-corrected chi connectivity index (χ0v) is 11.9. The Kier molecular flexibility index (Phi) is 4.59. The van der Waals surface area contributed by atoms with Gasteiger partial charge in [0, 0.05) is 19.1 Å². The van der Waals surface area contributed by atoms with Crippen LogP contribution >= 0.6 is 0 Å². The van der Waals surface area contributed by atoms with Gasteiger partial charge in [-0.3, -0.25) is 4.79 Å². The molecule has 0 aliphatic heterocycles. The highest BCUT2D eigenvalue weighted by molar-refractivity contribution is 5.79. The Bertz CT molecular complexity index is 444. The highest BCUT2D eigenvalue weighted by Gasteiger charge is 2.32. The maximum Gasteiger partial charge on any atom is 0.227 e. The number of carbonyl (C=O) groups is 1. The maximum absolute atomic E-state index is 12.5. The highest BCUT2D eigenvalue weighted by Crippen LogP contribution is 2.26. The van der Waals surface area contributed by atoms with Gasteiger partial charge in [0.1, 0.15) is 0 Å².